The van der Waals surface area contributed by atoms with Crippen molar-refractivity contribution in [3.05, 3.63) is 17.4 Å². The lowest BCUT2D eigenvalue weighted by Crippen LogP contribution is -2.27. The average molecular weight is 187 g/mol. The maximum Gasteiger partial charge on any atom is 0.331 e. The van der Waals surface area contributed by atoms with Gasteiger partial charge in [-0.3, -0.25) is 4.68 Å². The molecule has 2 rings (SSSR count). The summed E-state index contributed by atoms with van der Waals surface area (Å²) in [5.41, 5.74) is -0.798. The van der Waals surface area contributed by atoms with Gasteiger partial charge in [-0.2, -0.15) is 5.10 Å². The Kier molecular flexibility index (Phi) is 1.41. The SMILES string of the molecule is O=C(O)C1(n2cc(Cl)cn2)CC1. The molecular weight excluding hydrogens is 180 g/mol. The summed E-state index contributed by atoms with van der Waals surface area (Å²) in [6.07, 6.45) is 4.27. The van der Waals surface area contributed by atoms with Crippen LogP contribution in [-0.2, 0) is 10.3 Å². The number of aliphatic carboxylic acids is 1. The Bertz CT molecular complexity index is 330. The van der Waals surface area contributed by atoms with Gasteiger partial charge in [-0.15, -0.1) is 0 Å². The highest BCUT2D eigenvalue weighted by atomic mass is 35.5. The summed E-state index contributed by atoms with van der Waals surface area (Å²) in [5, 5.41) is 13.2. The minimum Gasteiger partial charge on any atom is -0.479 e. The van der Waals surface area contributed by atoms with Crippen molar-refractivity contribution in [2.45, 2.75) is 18.4 Å². The van der Waals surface area contributed by atoms with E-state index in [0.29, 0.717) is 17.9 Å². The summed E-state index contributed by atoms with van der Waals surface area (Å²) in [6.45, 7) is 0. The van der Waals surface area contributed by atoms with Gasteiger partial charge in [0.25, 0.3) is 0 Å². The number of halogens is 1. The molecule has 64 valence electrons. The standard InChI is InChI=1S/C7H7ClN2O2/c8-5-3-9-10(4-5)7(1-2-7)6(11)12/h3-4H,1-2H2,(H,11,12). The molecule has 0 radical (unpaired) electrons. The van der Waals surface area contributed by atoms with E-state index >= 15 is 0 Å². The molecule has 0 bridgehead atoms. The summed E-state index contributed by atoms with van der Waals surface area (Å²) in [7, 11) is 0. The number of hydrogen-bond donors (Lipinski definition) is 1. The van der Waals surface area contributed by atoms with Gasteiger partial charge in [0.05, 0.1) is 11.2 Å². The third kappa shape index (κ3) is 0.914. The van der Waals surface area contributed by atoms with Gasteiger partial charge in [-0.1, -0.05) is 11.6 Å². The van der Waals surface area contributed by atoms with Crippen LogP contribution in [0.4, 0.5) is 0 Å². The lowest BCUT2D eigenvalue weighted by molar-refractivity contribution is -0.142. The molecule has 1 heterocycles. The Labute approximate surface area is 73.8 Å². The summed E-state index contributed by atoms with van der Waals surface area (Å²) in [6, 6.07) is 0. The molecule has 1 aromatic rings. The first-order valence-electron chi connectivity index (χ1n) is 3.59. The fraction of sp³-hybridized carbons (Fsp3) is 0.429. The van der Waals surface area contributed by atoms with E-state index in [9.17, 15) is 4.79 Å². The number of rotatable bonds is 2. The van der Waals surface area contributed by atoms with Gasteiger partial charge in [0.1, 0.15) is 0 Å². The summed E-state index contributed by atoms with van der Waals surface area (Å²) in [4.78, 5) is 10.8. The number of aromatic nitrogens is 2. The average Bonchev–Trinajstić information content (AvgIpc) is 2.71. The Balaban J connectivity index is 2.36. The maximum absolute atomic E-state index is 10.8. The lowest BCUT2D eigenvalue weighted by atomic mass is 10.3. The van der Waals surface area contributed by atoms with Gasteiger partial charge < -0.3 is 5.11 Å². The van der Waals surface area contributed by atoms with Crippen molar-refractivity contribution in [3.8, 4) is 0 Å². The van der Waals surface area contributed by atoms with Gasteiger partial charge in [0.15, 0.2) is 5.54 Å². The van der Waals surface area contributed by atoms with Crippen LogP contribution in [0, 0.1) is 0 Å². The van der Waals surface area contributed by atoms with Crippen LogP contribution in [0.25, 0.3) is 0 Å². The fourth-order valence-corrected chi connectivity index (χ4v) is 1.33. The van der Waals surface area contributed by atoms with Crippen LogP contribution < -0.4 is 0 Å². The summed E-state index contributed by atoms with van der Waals surface area (Å²) in [5.74, 6) is -0.831. The van der Waals surface area contributed by atoms with E-state index in [2.05, 4.69) is 5.10 Å². The molecule has 0 saturated heterocycles. The highest BCUT2D eigenvalue weighted by Gasteiger charge is 2.53. The van der Waals surface area contributed by atoms with Crippen LogP contribution in [0.3, 0.4) is 0 Å². The van der Waals surface area contributed by atoms with Crippen LogP contribution >= 0.6 is 11.6 Å². The van der Waals surface area contributed by atoms with Crippen molar-refractivity contribution in [2.24, 2.45) is 0 Å². The maximum atomic E-state index is 10.8. The first kappa shape index (κ1) is 7.61. The second kappa shape index (κ2) is 2.23. The van der Waals surface area contributed by atoms with Crippen molar-refractivity contribution in [1.82, 2.24) is 9.78 Å². The highest BCUT2D eigenvalue weighted by molar-refractivity contribution is 6.30. The topological polar surface area (TPSA) is 55.1 Å². The van der Waals surface area contributed by atoms with E-state index in [4.69, 9.17) is 16.7 Å². The molecule has 1 fully saturated rings. The predicted molar refractivity (Wildman–Crippen MR) is 42.1 cm³/mol. The monoisotopic (exact) mass is 186 g/mol. The van der Waals surface area contributed by atoms with Crippen molar-refractivity contribution >= 4 is 17.6 Å². The summed E-state index contributed by atoms with van der Waals surface area (Å²) < 4.78 is 1.43. The van der Waals surface area contributed by atoms with Crippen molar-refractivity contribution in [2.75, 3.05) is 0 Å². The molecule has 1 aromatic heterocycles. The third-order valence-corrected chi connectivity index (χ3v) is 2.31. The van der Waals surface area contributed by atoms with Crippen LogP contribution in [0.1, 0.15) is 12.8 Å². The molecule has 1 saturated carbocycles. The molecule has 0 spiro atoms. The Hall–Kier alpha value is -1.03. The van der Waals surface area contributed by atoms with Crippen LogP contribution in [0.5, 0.6) is 0 Å². The van der Waals surface area contributed by atoms with E-state index in [1.54, 1.807) is 6.20 Å². The number of nitrogens with zero attached hydrogens (tertiary/aromatic N) is 2. The van der Waals surface area contributed by atoms with E-state index < -0.39 is 11.5 Å². The quantitative estimate of drug-likeness (QED) is 0.753. The van der Waals surface area contributed by atoms with Crippen LogP contribution in [-0.4, -0.2) is 20.9 Å². The van der Waals surface area contributed by atoms with Gasteiger partial charge in [0.2, 0.25) is 0 Å². The Morgan fingerprint density at radius 2 is 2.42 bits per heavy atom. The molecule has 4 nitrogen and oxygen atoms in total. The van der Waals surface area contributed by atoms with E-state index in [1.165, 1.54) is 10.9 Å². The smallest absolute Gasteiger partial charge is 0.331 e. The van der Waals surface area contributed by atoms with Crippen molar-refractivity contribution < 1.29 is 9.90 Å². The minimum absolute atomic E-state index is 0.475. The van der Waals surface area contributed by atoms with E-state index in [-0.39, 0.29) is 0 Å². The number of carboxylic acids is 1. The normalized spacial score (nSPS) is 19.1. The van der Waals surface area contributed by atoms with Gasteiger partial charge >= 0.3 is 5.97 Å². The third-order valence-electron chi connectivity index (χ3n) is 2.11. The molecular formula is C7H7ClN2O2. The molecule has 0 aromatic carbocycles. The zero-order valence-electron chi connectivity index (χ0n) is 6.20. The largest absolute Gasteiger partial charge is 0.479 e. The minimum atomic E-state index is -0.831. The molecule has 0 aliphatic heterocycles. The Morgan fingerprint density at radius 1 is 1.75 bits per heavy atom. The second-order valence-electron chi connectivity index (χ2n) is 2.94. The highest BCUT2D eigenvalue weighted by Crippen LogP contribution is 2.43. The molecule has 5 heteroatoms. The van der Waals surface area contributed by atoms with Gasteiger partial charge in [0, 0.05) is 6.20 Å². The first-order chi connectivity index (χ1) is 5.65. The molecule has 12 heavy (non-hydrogen) atoms. The fourth-order valence-electron chi connectivity index (χ4n) is 1.19. The van der Waals surface area contributed by atoms with E-state index in [0.717, 1.165) is 0 Å². The van der Waals surface area contributed by atoms with Crippen molar-refractivity contribution in [1.29, 1.82) is 0 Å². The van der Waals surface area contributed by atoms with Gasteiger partial charge in [-0.05, 0) is 12.8 Å². The van der Waals surface area contributed by atoms with Crippen LogP contribution in [0.2, 0.25) is 5.02 Å². The summed E-state index contributed by atoms with van der Waals surface area (Å²) >= 11 is 5.62. The van der Waals surface area contributed by atoms with Crippen LogP contribution in [0.15, 0.2) is 12.4 Å². The lowest BCUT2D eigenvalue weighted by Gasteiger charge is -2.08. The predicted octanol–water partition coefficient (Wildman–Crippen LogP) is 1.11. The van der Waals surface area contributed by atoms with E-state index in [1.807, 2.05) is 0 Å². The number of carboxylic acid groups (broad SMARTS) is 1. The molecule has 1 aliphatic rings. The first-order valence-corrected chi connectivity index (χ1v) is 3.97. The molecule has 1 aliphatic carbocycles. The molecule has 0 amide bonds. The molecule has 1 N–H and O–H groups in total. The number of hydrogen-bond acceptors (Lipinski definition) is 2. The molecule has 0 atom stereocenters. The zero-order valence-corrected chi connectivity index (χ0v) is 6.95. The van der Waals surface area contributed by atoms with Gasteiger partial charge in [-0.25, -0.2) is 4.79 Å². The molecule has 0 unspecified atom stereocenters. The second-order valence-corrected chi connectivity index (χ2v) is 3.38. The zero-order chi connectivity index (χ0) is 8.77. The number of carbonyl (C=O) groups is 1. The Morgan fingerprint density at radius 3 is 2.75 bits per heavy atom. The van der Waals surface area contributed by atoms with Crippen molar-refractivity contribution in [3.63, 3.8) is 0 Å².